The van der Waals surface area contributed by atoms with Crippen molar-refractivity contribution < 1.29 is 33.5 Å². The van der Waals surface area contributed by atoms with Gasteiger partial charge in [0.15, 0.2) is 5.58 Å². The SMILES string of the molecule is CC(C)[C@H](NC(=O)c1ccccc1)C(=O)N(CC(=O)N[C@@H](CC(=O)c1nc2c(Cl)cc(Cl)cc2o1)C(=O)O)Cc1cccnc1. The molecule has 0 radical (unpaired) electrons. The number of ketones is 1. The molecule has 2 aromatic carbocycles. The highest BCUT2D eigenvalue weighted by molar-refractivity contribution is 6.38. The topological polar surface area (TPSA) is 172 Å². The van der Waals surface area contributed by atoms with Crippen LogP contribution >= 0.6 is 23.2 Å². The van der Waals surface area contributed by atoms with Crippen LogP contribution in [0.25, 0.3) is 11.1 Å². The number of carboxylic acids is 1. The molecule has 3 amide bonds. The zero-order valence-corrected chi connectivity index (χ0v) is 25.7. The highest BCUT2D eigenvalue weighted by Gasteiger charge is 2.32. The van der Waals surface area contributed by atoms with Gasteiger partial charge in [-0.05, 0) is 35.7 Å². The second-order valence-electron chi connectivity index (χ2n) is 10.5. The molecule has 3 N–H and O–H groups in total. The van der Waals surface area contributed by atoms with E-state index in [-0.39, 0.29) is 33.6 Å². The number of nitrogens with one attached hydrogen (secondary N) is 2. The summed E-state index contributed by atoms with van der Waals surface area (Å²) in [7, 11) is 0. The molecular formula is C31H29Cl2N5O7. The molecule has 14 heteroatoms. The van der Waals surface area contributed by atoms with Crippen LogP contribution in [0.5, 0.6) is 0 Å². The van der Waals surface area contributed by atoms with Gasteiger partial charge in [0.05, 0.1) is 11.6 Å². The Morgan fingerprint density at radius 2 is 1.73 bits per heavy atom. The normalized spacial score (nSPS) is 12.4. The first-order valence-electron chi connectivity index (χ1n) is 13.8. The second-order valence-corrected chi connectivity index (χ2v) is 11.3. The number of fused-ring (bicyclic) bond motifs is 1. The van der Waals surface area contributed by atoms with Crippen LogP contribution in [0.2, 0.25) is 10.0 Å². The van der Waals surface area contributed by atoms with Crippen LogP contribution in [0.4, 0.5) is 0 Å². The first-order valence-corrected chi connectivity index (χ1v) is 14.5. The van der Waals surface area contributed by atoms with Gasteiger partial charge in [-0.25, -0.2) is 9.78 Å². The Kier molecular flexibility index (Phi) is 10.9. The van der Waals surface area contributed by atoms with Crippen LogP contribution in [0, 0.1) is 5.92 Å². The number of benzene rings is 2. The maximum atomic E-state index is 13.8. The number of hydrogen-bond acceptors (Lipinski definition) is 8. The average molecular weight is 655 g/mol. The minimum Gasteiger partial charge on any atom is -0.480 e. The number of Topliss-reactive ketones (excluding diaryl/α,β-unsaturated/α-hetero) is 1. The molecular weight excluding hydrogens is 625 g/mol. The van der Waals surface area contributed by atoms with E-state index in [1.54, 1.807) is 62.5 Å². The number of hydrogen-bond donors (Lipinski definition) is 3. The average Bonchev–Trinajstić information content (AvgIpc) is 3.44. The number of carbonyl (C=O) groups is 5. The predicted octanol–water partition coefficient (Wildman–Crippen LogP) is 4.16. The monoisotopic (exact) mass is 653 g/mol. The highest BCUT2D eigenvalue weighted by Crippen LogP contribution is 2.28. The molecule has 4 rings (SSSR count). The van der Waals surface area contributed by atoms with Crippen molar-refractivity contribution >= 4 is 63.8 Å². The first-order chi connectivity index (χ1) is 21.4. The Morgan fingerprint density at radius 1 is 1.00 bits per heavy atom. The van der Waals surface area contributed by atoms with E-state index >= 15 is 0 Å². The van der Waals surface area contributed by atoms with Crippen molar-refractivity contribution in [3.05, 3.63) is 94.1 Å². The number of carboxylic acid groups (broad SMARTS) is 1. The number of pyridine rings is 1. The lowest BCUT2D eigenvalue weighted by Crippen LogP contribution is -2.54. The number of carbonyl (C=O) groups excluding carboxylic acids is 4. The lowest BCUT2D eigenvalue weighted by atomic mass is 10.0. The molecule has 0 fully saturated rings. The summed E-state index contributed by atoms with van der Waals surface area (Å²) in [6.45, 7) is 2.85. The summed E-state index contributed by atoms with van der Waals surface area (Å²) in [6.07, 6.45) is 2.37. The Hall–Kier alpha value is -4.81. The summed E-state index contributed by atoms with van der Waals surface area (Å²) in [5.74, 6) is -4.96. The fraction of sp³-hybridized carbons (Fsp3) is 0.258. The number of halogens is 2. The molecule has 12 nitrogen and oxygen atoms in total. The molecule has 0 aliphatic carbocycles. The molecule has 2 atom stereocenters. The standard InChI is InChI=1S/C31H29Cl2N5O7/c1-17(2)26(36-28(41)19-8-4-3-5-9-19)30(42)38(15-18-7-6-10-34-14-18)16-25(40)35-22(31(43)44)13-23(39)29-37-27-21(33)11-20(32)12-24(27)45-29/h3-12,14,17,22,26H,13,15-16H2,1-2H3,(H,35,40)(H,36,41)(H,43,44)/t22-,26-/m0/s1. The first kappa shape index (κ1) is 33.1. The molecule has 0 bridgehead atoms. The summed E-state index contributed by atoms with van der Waals surface area (Å²) < 4.78 is 5.42. The third kappa shape index (κ3) is 8.64. The molecule has 234 valence electrons. The van der Waals surface area contributed by atoms with Crippen molar-refractivity contribution in [1.82, 2.24) is 25.5 Å². The molecule has 0 spiro atoms. The largest absolute Gasteiger partial charge is 0.480 e. The van der Waals surface area contributed by atoms with E-state index in [2.05, 4.69) is 20.6 Å². The van der Waals surface area contributed by atoms with Gasteiger partial charge in [0, 0.05) is 42.0 Å². The van der Waals surface area contributed by atoms with Crippen molar-refractivity contribution in [2.45, 2.75) is 38.9 Å². The minimum atomic E-state index is -1.67. The molecule has 0 aliphatic heterocycles. The minimum absolute atomic E-state index is 0.0621. The Labute approximate surface area is 267 Å². The van der Waals surface area contributed by atoms with Crippen molar-refractivity contribution in [2.24, 2.45) is 5.92 Å². The van der Waals surface area contributed by atoms with Gasteiger partial charge in [-0.3, -0.25) is 24.2 Å². The van der Waals surface area contributed by atoms with Crippen molar-refractivity contribution in [1.29, 1.82) is 0 Å². The van der Waals surface area contributed by atoms with E-state index in [0.29, 0.717) is 11.1 Å². The van der Waals surface area contributed by atoms with Crippen LogP contribution in [-0.4, -0.2) is 68.1 Å². The van der Waals surface area contributed by atoms with Gasteiger partial charge in [0.1, 0.15) is 17.6 Å². The van der Waals surface area contributed by atoms with Gasteiger partial charge in [-0.1, -0.05) is 61.3 Å². The maximum Gasteiger partial charge on any atom is 0.326 e. The van der Waals surface area contributed by atoms with Crippen molar-refractivity contribution in [3.63, 3.8) is 0 Å². The van der Waals surface area contributed by atoms with Crippen LogP contribution in [0.1, 0.15) is 46.9 Å². The fourth-order valence-electron chi connectivity index (χ4n) is 4.41. The quantitative estimate of drug-likeness (QED) is 0.179. The highest BCUT2D eigenvalue weighted by atomic mass is 35.5. The zero-order valence-electron chi connectivity index (χ0n) is 24.2. The Balaban J connectivity index is 1.51. The van der Waals surface area contributed by atoms with Crippen molar-refractivity contribution in [3.8, 4) is 0 Å². The van der Waals surface area contributed by atoms with Gasteiger partial charge < -0.3 is 25.1 Å². The smallest absolute Gasteiger partial charge is 0.326 e. The number of amides is 3. The van der Waals surface area contributed by atoms with Gasteiger partial charge in [-0.15, -0.1) is 0 Å². The van der Waals surface area contributed by atoms with Gasteiger partial charge in [0.2, 0.25) is 17.6 Å². The molecule has 0 saturated heterocycles. The molecule has 45 heavy (non-hydrogen) atoms. The van der Waals surface area contributed by atoms with E-state index < -0.39 is 60.4 Å². The number of rotatable bonds is 13. The van der Waals surface area contributed by atoms with E-state index in [4.69, 9.17) is 27.6 Å². The molecule has 0 aliphatic rings. The van der Waals surface area contributed by atoms with E-state index in [1.165, 1.54) is 23.2 Å². The lowest BCUT2D eigenvalue weighted by Gasteiger charge is -2.30. The molecule has 0 unspecified atom stereocenters. The van der Waals surface area contributed by atoms with Gasteiger partial charge >= 0.3 is 5.97 Å². The number of oxazole rings is 1. The molecule has 2 aromatic heterocycles. The van der Waals surface area contributed by atoms with Crippen LogP contribution in [-0.2, 0) is 20.9 Å². The summed E-state index contributed by atoms with van der Waals surface area (Å²) in [4.78, 5) is 74.1. The summed E-state index contributed by atoms with van der Waals surface area (Å²) >= 11 is 12.1. The maximum absolute atomic E-state index is 13.8. The third-order valence-corrected chi connectivity index (χ3v) is 7.18. The Morgan fingerprint density at radius 3 is 2.38 bits per heavy atom. The summed E-state index contributed by atoms with van der Waals surface area (Å²) in [5.41, 5.74) is 1.25. The number of nitrogens with zero attached hydrogens (tertiary/aromatic N) is 3. The predicted molar refractivity (Wildman–Crippen MR) is 165 cm³/mol. The van der Waals surface area contributed by atoms with Crippen LogP contribution in [0.15, 0.2) is 71.4 Å². The Bertz CT molecular complexity index is 1710. The molecule has 0 saturated carbocycles. The third-order valence-electron chi connectivity index (χ3n) is 6.67. The van der Waals surface area contributed by atoms with Crippen LogP contribution in [0.3, 0.4) is 0 Å². The fourth-order valence-corrected chi connectivity index (χ4v) is 4.93. The second kappa shape index (κ2) is 14.8. The van der Waals surface area contributed by atoms with Crippen LogP contribution < -0.4 is 10.6 Å². The summed E-state index contributed by atoms with van der Waals surface area (Å²) in [5, 5.41) is 15.2. The van der Waals surface area contributed by atoms with Gasteiger partial charge in [0.25, 0.3) is 11.8 Å². The lowest BCUT2D eigenvalue weighted by molar-refractivity contribution is -0.143. The zero-order chi connectivity index (χ0) is 32.7. The molecule has 2 heterocycles. The van der Waals surface area contributed by atoms with Crippen molar-refractivity contribution in [2.75, 3.05) is 6.54 Å². The number of aliphatic carboxylic acids is 1. The molecule has 4 aromatic rings. The van der Waals surface area contributed by atoms with E-state index in [0.717, 1.165) is 0 Å². The van der Waals surface area contributed by atoms with E-state index in [1.807, 2.05) is 0 Å². The summed E-state index contributed by atoms with van der Waals surface area (Å²) in [6, 6.07) is 11.9. The number of aromatic nitrogens is 2. The van der Waals surface area contributed by atoms with Gasteiger partial charge in [-0.2, -0.15) is 0 Å². The van der Waals surface area contributed by atoms with E-state index in [9.17, 15) is 29.1 Å².